The van der Waals surface area contributed by atoms with E-state index in [-0.39, 0.29) is 6.04 Å². The molecule has 0 unspecified atom stereocenters. The van der Waals surface area contributed by atoms with E-state index < -0.39 is 15.1 Å². The van der Waals surface area contributed by atoms with Crippen LogP contribution in [0.25, 0.3) is 0 Å². The Bertz CT molecular complexity index is 824. The summed E-state index contributed by atoms with van der Waals surface area (Å²) in [5.41, 5.74) is 2.43. The minimum Gasteiger partial charge on any atom is -0.225 e. The second-order valence-electron chi connectivity index (χ2n) is 6.18. The Hall–Kier alpha value is -1.76. The molecule has 7 heteroatoms. The fraction of sp³-hybridized carbons (Fsp3) is 0.533. The van der Waals surface area contributed by atoms with E-state index in [4.69, 9.17) is 0 Å². The van der Waals surface area contributed by atoms with E-state index in [9.17, 15) is 8.42 Å². The second-order valence-corrected chi connectivity index (χ2v) is 8.45. The van der Waals surface area contributed by atoms with Crippen LogP contribution in [0.4, 0.5) is 0 Å². The number of aromatic nitrogens is 4. The number of sulfone groups is 1. The van der Waals surface area contributed by atoms with Crippen LogP contribution in [0, 0.1) is 0 Å². The summed E-state index contributed by atoms with van der Waals surface area (Å²) in [5, 5.41) is 10.9. The Balaban J connectivity index is 1.72. The zero-order valence-corrected chi connectivity index (χ0v) is 13.3. The molecule has 0 aliphatic heterocycles. The molecule has 116 valence electrons. The van der Waals surface area contributed by atoms with E-state index >= 15 is 0 Å². The highest BCUT2D eigenvalue weighted by atomic mass is 32.2. The van der Waals surface area contributed by atoms with E-state index in [0.717, 1.165) is 37.7 Å². The zero-order chi connectivity index (χ0) is 15.3. The zero-order valence-electron chi connectivity index (χ0n) is 12.4. The number of hydrogen-bond acceptors (Lipinski definition) is 5. The largest absolute Gasteiger partial charge is 0.225 e. The Kier molecular flexibility index (Phi) is 3.07. The fourth-order valence-electron chi connectivity index (χ4n) is 3.12. The Labute approximate surface area is 129 Å². The summed E-state index contributed by atoms with van der Waals surface area (Å²) in [5.74, 6) is 0.447. The first kappa shape index (κ1) is 13.9. The third kappa shape index (κ3) is 2.15. The van der Waals surface area contributed by atoms with Crippen molar-refractivity contribution < 1.29 is 8.42 Å². The van der Waals surface area contributed by atoms with Gasteiger partial charge in [0.2, 0.25) is 0 Å². The van der Waals surface area contributed by atoms with Crippen LogP contribution in [-0.4, -0.2) is 28.6 Å². The number of tetrazole rings is 1. The molecule has 0 bridgehead atoms. The molecule has 4 rings (SSSR count). The molecule has 0 saturated heterocycles. The lowest BCUT2D eigenvalue weighted by molar-refractivity contribution is 0.556. The van der Waals surface area contributed by atoms with Crippen molar-refractivity contribution >= 4 is 9.84 Å². The highest BCUT2D eigenvalue weighted by Crippen LogP contribution is 2.38. The first-order valence-corrected chi connectivity index (χ1v) is 9.25. The third-order valence-electron chi connectivity index (χ3n) is 4.64. The molecule has 1 aromatic heterocycles. The van der Waals surface area contributed by atoms with Crippen LogP contribution >= 0.6 is 0 Å². The monoisotopic (exact) mass is 318 g/mol. The van der Waals surface area contributed by atoms with Crippen molar-refractivity contribution in [1.29, 1.82) is 0 Å². The van der Waals surface area contributed by atoms with Gasteiger partial charge in [0.25, 0.3) is 0 Å². The first-order valence-electron chi connectivity index (χ1n) is 7.71. The van der Waals surface area contributed by atoms with Gasteiger partial charge in [-0.15, -0.1) is 5.10 Å². The summed E-state index contributed by atoms with van der Waals surface area (Å²) in [6.45, 7) is 1.67. The molecule has 0 amide bonds. The summed E-state index contributed by atoms with van der Waals surface area (Å²) >= 11 is 0. The minimum absolute atomic E-state index is 0.266. The number of rotatable bonds is 4. The maximum absolute atomic E-state index is 12.9. The van der Waals surface area contributed by atoms with E-state index in [2.05, 4.69) is 15.5 Å². The van der Waals surface area contributed by atoms with Gasteiger partial charge in [-0.2, -0.15) is 0 Å². The van der Waals surface area contributed by atoms with E-state index in [1.54, 1.807) is 17.7 Å². The molecular weight excluding hydrogens is 300 g/mol. The molecule has 2 aliphatic rings. The summed E-state index contributed by atoms with van der Waals surface area (Å²) in [6.07, 6.45) is 5.15. The molecule has 6 nitrogen and oxygen atoms in total. The lowest BCUT2D eigenvalue weighted by atomic mass is 10.1. The number of aryl methyl sites for hydroxylation is 2. The third-order valence-corrected chi connectivity index (χ3v) is 6.69. The number of hydrogen-bond donors (Lipinski definition) is 0. The van der Waals surface area contributed by atoms with Gasteiger partial charge in [-0.3, -0.25) is 0 Å². The molecule has 0 N–H and O–H groups in total. The van der Waals surface area contributed by atoms with Gasteiger partial charge in [-0.05, 0) is 72.7 Å². The molecule has 1 atom stereocenters. The van der Waals surface area contributed by atoms with Crippen LogP contribution in [0.2, 0.25) is 0 Å². The van der Waals surface area contributed by atoms with Gasteiger partial charge in [-0.1, -0.05) is 6.07 Å². The molecule has 1 fully saturated rings. The molecule has 0 radical (unpaired) electrons. The van der Waals surface area contributed by atoms with Crippen molar-refractivity contribution in [2.45, 2.75) is 55.2 Å². The van der Waals surface area contributed by atoms with Gasteiger partial charge in [0.05, 0.1) is 10.9 Å². The molecule has 2 aliphatic carbocycles. The molecule has 1 saturated carbocycles. The van der Waals surface area contributed by atoms with Crippen LogP contribution in [0.1, 0.15) is 54.4 Å². The number of fused-ring (bicyclic) bond motifs is 1. The summed E-state index contributed by atoms with van der Waals surface area (Å²) in [6, 6.07) is 5.77. The van der Waals surface area contributed by atoms with Gasteiger partial charge in [0, 0.05) is 0 Å². The van der Waals surface area contributed by atoms with Crippen LogP contribution in [-0.2, 0) is 22.7 Å². The van der Waals surface area contributed by atoms with Crippen molar-refractivity contribution in [2.75, 3.05) is 0 Å². The van der Waals surface area contributed by atoms with Crippen LogP contribution < -0.4 is 0 Å². The molecular formula is C15H18N4O2S. The molecule has 0 spiro atoms. The van der Waals surface area contributed by atoms with E-state index in [1.807, 2.05) is 12.1 Å². The van der Waals surface area contributed by atoms with Crippen LogP contribution in [0.15, 0.2) is 23.1 Å². The lowest BCUT2D eigenvalue weighted by Crippen LogP contribution is -2.16. The van der Waals surface area contributed by atoms with Crippen molar-refractivity contribution in [3.8, 4) is 0 Å². The Morgan fingerprint density at radius 2 is 2.00 bits per heavy atom. The average Bonchev–Trinajstić information content (AvgIpc) is 3.06. The van der Waals surface area contributed by atoms with Crippen LogP contribution in [0.5, 0.6) is 0 Å². The lowest BCUT2D eigenvalue weighted by Gasteiger charge is -2.13. The predicted octanol–water partition coefficient (Wildman–Crippen LogP) is 2.03. The van der Waals surface area contributed by atoms with Gasteiger partial charge in [0.15, 0.2) is 15.7 Å². The maximum atomic E-state index is 12.9. The van der Waals surface area contributed by atoms with Gasteiger partial charge >= 0.3 is 0 Å². The Morgan fingerprint density at radius 3 is 2.77 bits per heavy atom. The van der Waals surface area contributed by atoms with Crippen molar-refractivity contribution in [3.63, 3.8) is 0 Å². The normalized spacial score (nSPS) is 19.1. The predicted molar refractivity (Wildman–Crippen MR) is 80.2 cm³/mol. The summed E-state index contributed by atoms with van der Waals surface area (Å²) < 4.78 is 27.5. The first-order chi connectivity index (χ1) is 10.6. The second kappa shape index (κ2) is 4.87. The maximum Gasteiger partial charge on any atom is 0.188 e. The molecule has 22 heavy (non-hydrogen) atoms. The minimum atomic E-state index is -3.48. The Morgan fingerprint density at radius 1 is 1.23 bits per heavy atom. The van der Waals surface area contributed by atoms with E-state index in [0.29, 0.717) is 10.7 Å². The molecule has 1 heterocycles. The number of nitrogens with zero attached hydrogens (tertiary/aromatic N) is 4. The molecule has 2 aromatic rings. The fourth-order valence-corrected chi connectivity index (χ4v) is 4.52. The van der Waals surface area contributed by atoms with Crippen molar-refractivity contribution in [2.24, 2.45) is 0 Å². The average molecular weight is 318 g/mol. The van der Waals surface area contributed by atoms with Crippen molar-refractivity contribution in [1.82, 2.24) is 20.2 Å². The summed E-state index contributed by atoms with van der Waals surface area (Å²) in [4.78, 5) is 0.381. The van der Waals surface area contributed by atoms with E-state index in [1.165, 1.54) is 5.56 Å². The summed E-state index contributed by atoms with van der Waals surface area (Å²) in [7, 11) is -3.48. The quantitative estimate of drug-likeness (QED) is 0.862. The topological polar surface area (TPSA) is 77.7 Å². The SMILES string of the molecule is C[C@H](c1nnnn1C1CC1)S(=O)(=O)c1ccc2c(c1)CCC2. The number of benzene rings is 1. The highest BCUT2D eigenvalue weighted by molar-refractivity contribution is 7.91. The highest BCUT2D eigenvalue weighted by Gasteiger charge is 2.35. The van der Waals surface area contributed by atoms with Crippen LogP contribution in [0.3, 0.4) is 0 Å². The van der Waals surface area contributed by atoms with Gasteiger partial charge in [-0.25, -0.2) is 13.1 Å². The smallest absolute Gasteiger partial charge is 0.188 e. The standard InChI is InChI=1S/C15H18N4O2S/c1-10(15-16-17-18-19(15)13-6-7-13)22(20,21)14-8-5-11-3-2-4-12(11)9-14/h5,8-10,13H,2-4,6-7H2,1H3/t10-/m1/s1. The molecule has 1 aromatic carbocycles. The van der Waals surface area contributed by atoms with Gasteiger partial charge < -0.3 is 0 Å². The van der Waals surface area contributed by atoms with Crippen molar-refractivity contribution in [3.05, 3.63) is 35.2 Å². The van der Waals surface area contributed by atoms with Gasteiger partial charge in [0.1, 0.15) is 5.25 Å².